The second-order valence-corrected chi connectivity index (χ2v) is 3.56. The van der Waals surface area contributed by atoms with Crippen LogP contribution in [0.1, 0.15) is 11.4 Å². The number of imidazole rings is 1. The van der Waals surface area contributed by atoms with Gasteiger partial charge in [-0.05, 0) is 0 Å². The molecule has 0 fully saturated rings. The second-order valence-electron chi connectivity index (χ2n) is 3.56. The molecule has 0 spiro atoms. The number of H-pyrrole nitrogens is 1. The molecule has 0 bridgehead atoms. The Morgan fingerprint density at radius 3 is 2.87 bits per heavy atom. The highest BCUT2D eigenvalue weighted by Crippen LogP contribution is 2.18. The maximum absolute atomic E-state index is 4.55. The number of hydrogen-bond donors (Lipinski definition) is 2. The number of fused-ring (bicyclic) bond motifs is 1. The first-order valence-corrected chi connectivity index (χ1v) is 4.97. The molecule has 0 radical (unpaired) electrons. The monoisotopic (exact) mass is 201 g/mol. The average molecular weight is 201 g/mol. The Morgan fingerprint density at radius 1 is 1.20 bits per heavy atom. The van der Waals surface area contributed by atoms with E-state index in [0.29, 0.717) is 0 Å². The molecule has 5 nitrogen and oxygen atoms in total. The van der Waals surface area contributed by atoms with E-state index in [1.807, 2.05) is 0 Å². The van der Waals surface area contributed by atoms with Gasteiger partial charge in [0.15, 0.2) is 0 Å². The molecule has 0 aliphatic carbocycles. The molecule has 0 saturated heterocycles. The molecule has 0 amide bonds. The fraction of sp³-hybridized carbons (Fsp3) is 0.300. The zero-order valence-electron chi connectivity index (χ0n) is 8.20. The van der Waals surface area contributed by atoms with E-state index in [4.69, 9.17) is 0 Å². The summed E-state index contributed by atoms with van der Waals surface area (Å²) in [6, 6.07) is 0. The van der Waals surface area contributed by atoms with Gasteiger partial charge in [-0.3, -0.25) is 0 Å². The van der Waals surface area contributed by atoms with E-state index in [1.165, 1.54) is 12.0 Å². The van der Waals surface area contributed by atoms with Gasteiger partial charge in [0.25, 0.3) is 0 Å². The highest BCUT2D eigenvalue weighted by molar-refractivity contribution is 5.53. The lowest BCUT2D eigenvalue weighted by atomic mass is 10.2. The van der Waals surface area contributed by atoms with Crippen molar-refractivity contribution < 1.29 is 0 Å². The Kier molecular flexibility index (Phi) is 1.96. The lowest BCUT2D eigenvalue weighted by Crippen LogP contribution is -2.23. The third kappa shape index (κ3) is 1.50. The molecule has 1 aliphatic rings. The first-order chi connectivity index (χ1) is 7.43. The van der Waals surface area contributed by atoms with E-state index in [-0.39, 0.29) is 0 Å². The second kappa shape index (κ2) is 3.43. The van der Waals surface area contributed by atoms with Gasteiger partial charge in [-0.15, -0.1) is 0 Å². The summed E-state index contributed by atoms with van der Waals surface area (Å²) in [6.07, 6.45) is 6.04. The predicted molar refractivity (Wildman–Crippen MR) is 55.0 cm³/mol. The van der Waals surface area contributed by atoms with Crippen LogP contribution in [-0.2, 0) is 13.0 Å². The molecule has 5 heteroatoms. The minimum absolute atomic E-state index is 0.865. The van der Waals surface area contributed by atoms with Gasteiger partial charge in [-0.1, -0.05) is 0 Å². The third-order valence-corrected chi connectivity index (χ3v) is 2.54. The van der Waals surface area contributed by atoms with Crippen molar-refractivity contribution in [3.63, 3.8) is 0 Å². The third-order valence-electron chi connectivity index (χ3n) is 2.54. The van der Waals surface area contributed by atoms with Gasteiger partial charge in [0, 0.05) is 31.9 Å². The van der Waals surface area contributed by atoms with Gasteiger partial charge >= 0.3 is 0 Å². The summed E-state index contributed by atoms with van der Waals surface area (Å²) in [5.74, 6) is 0.865. The zero-order chi connectivity index (χ0) is 10.1. The molecule has 3 rings (SSSR count). The summed E-state index contributed by atoms with van der Waals surface area (Å²) in [7, 11) is 0. The van der Waals surface area contributed by atoms with Crippen LogP contribution in [0, 0.1) is 0 Å². The minimum atomic E-state index is 0.865. The van der Waals surface area contributed by atoms with Gasteiger partial charge < -0.3 is 10.3 Å². The van der Waals surface area contributed by atoms with E-state index in [2.05, 4.69) is 25.3 Å². The highest BCUT2D eigenvalue weighted by Gasteiger charge is 2.14. The quantitative estimate of drug-likeness (QED) is 0.705. The van der Waals surface area contributed by atoms with Crippen LogP contribution in [0.15, 0.2) is 18.7 Å². The SMILES string of the molecule is c1ncc(-c2nc3c([nH]2)CNCC3)cn1. The Hall–Kier alpha value is -1.75. The zero-order valence-corrected chi connectivity index (χ0v) is 8.20. The molecule has 15 heavy (non-hydrogen) atoms. The van der Waals surface area contributed by atoms with Crippen molar-refractivity contribution in [1.29, 1.82) is 0 Å². The summed E-state index contributed by atoms with van der Waals surface area (Å²) in [5, 5.41) is 3.30. The van der Waals surface area contributed by atoms with Crippen LogP contribution in [-0.4, -0.2) is 26.5 Å². The standard InChI is InChI=1S/C10H11N5/c1-2-11-5-9-8(1)14-10(15-9)7-3-12-6-13-4-7/h3-4,6,11H,1-2,5H2,(H,14,15). The van der Waals surface area contributed by atoms with E-state index in [0.717, 1.165) is 36.6 Å². The van der Waals surface area contributed by atoms with Crippen LogP contribution < -0.4 is 5.32 Å². The van der Waals surface area contributed by atoms with Crippen molar-refractivity contribution in [2.75, 3.05) is 6.54 Å². The lowest BCUT2D eigenvalue weighted by molar-refractivity contribution is 0.627. The molecule has 0 unspecified atom stereocenters. The first-order valence-electron chi connectivity index (χ1n) is 4.97. The molecule has 0 saturated carbocycles. The average Bonchev–Trinajstić information content (AvgIpc) is 2.74. The summed E-state index contributed by atoms with van der Waals surface area (Å²) < 4.78 is 0. The predicted octanol–water partition coefficient (Wildman–Crippen LogP) is 0.512. The van der Waals surface area contributed by atoms with Crippen molar-refractivity contribution in [3.05, 3.63) is 30.1 Å². The molecule has 76 valence electrons. The van der Waals surface area contributed by atoms with Crippen LogP contribution in [0.25, 0.3) is 11.4 Å². The normalized spacial score (nSPS) is 14.9. The van der Waals surface area contributed by atoms with E-state index < -0.39 is 0 Å². The molecule has 2 N–H and O–H groups in total. The molecular formula is C10H11N5. The van der Waals surface area contributed by atoms with E-state index in [9.17, 15) is 0 Å². The topological polar surface area (TPSA) is 66.5 Å². The van der Waals surface area contributed by atoms with Crippen molar-refractivity contribution >= 4 is 0 Å². The first kappa shape index (κ1) is 8.55. The molecule has 0 atom stereocenters. The fourth-order valence-electron chi connectivity index (χ4n) is 1.78. The Balaban J connectivity index is 2.03. The number of aromatic nitrogens is 4. The van der Waals surface area contributed by atoms with Crippen molar-refractivity contribution in [2.24, 2.45) is 0 Å². The largest absolute Gasteiger partial charge is 0.340 e. The van der Waals surface area contributed by atoms with Crippen LogP contribution in [0.2, 0.25) is 0 Å². The summed E-state index contributed by atoms with van der Waals surface area (Å²) in [4.78, 5) is 15.8. The van der Waals surface area contributed by atoms with Gasteiger partial charge in [-0.2, -0.15) is 0 Å². The van der Waals surface area contributed by atoms with Gasteiger partial charge in [0.2, 0.25) is 0 Å². The van der Waals surface area contributed by atoms with Gasteiger partial charge in [-0.25, -0.2) is 15.0 Å². The van der Waals surface area contributed by atoms with Crippen LogP contribution in [0.3, 0.4) is 0 Å². The maximum Gasteiger partial charge on any atom is 0.140 e. The van der Waals surface area contributed by atoms with E-state index >= 15 is 0 Å². The fourth-order valence-corrected chi connectivity index (χ4v) is 1.78. The molecule has 2 aromatic heterocycles. The Bertz CT molecular complexity index is 438. The Labute approximate surface area is 87.0 Å². The van der Waals surface area contributed by atoms with Crippen molar-refractivity contribution in [1.82, 2.24) is 25.3 Å². The van der Waals surface area contributed by atoms with Gasteiger partial charge in [0.05, 0.1) is 17.0 Å². The van der Waals surface area contributed by atoms with Gasteiger partial charge in [0.1, 0.15) is 12.2 Å². The maximum atomic E-state index is 4.55. The smallest absolute Gasteiger partial charge is 0.140 e. The summed E-state index contributed by atoms with van der Waals surface area (Å²) in [6.45, 7) is 1.87. The number of nitrogens with one attached hydrogen (secondary N) is 2. The number of rotatable bonds is 1. The molecule has 2 aromatic rings. The number of aromatic amines is 1. The van der Waals surface area contributed by atoms with Crippen LogP contribution in [0.4, 0.5) is 0 Å². The number of nitrogens with zero attached hydrogens (tertiary/aromatic N) is 3. The lowest BCUT2D eigenvalue weighted by Gasteiger charge is -2.09. The van der Waals surface area contributed by atoms with Crippen LogP contribution >= 0.6 is 0 Å². The summed E-state index contributed by atoms with van der Waals surface area (Å²) in [5.41, 5.74) is 3.28. The number of hydrogen-bond acceptors (Lipinski definition) is 4. The minimum Gasteiger partial charge on any atom is -0.340 e. The molecule has 1 aliphatic heterocycles. The molecule has 0 aromatic carbocycles. The van der Waals surface area contributed by atoms with Crippen LogP contribution in [0.5, 0.6) is 0 Å². The Morgan fingerprint density at radius 2 is 2.07 bits per heavy atom. The highest BCUT2D eigenvalue weighted by atomic mass is 15.0. The van der Waals surface area contributed by atoms with E-state index in [1.54, 1.807) is 12.4 Å². The molecule has 3 heterocycles. The molecular weight excluding hydrogens is 190 g/mol. The van der Waals surface area contributed by atoms with Crippen molar-refractivity contribution in [2.45, 2.75) is 13.0 Å². The van der Waals surface area contributed by atoms with Crippen molar-refractivity contribution in [3.8, 4) is 11.4 Å². The summed E-state index contributed by atoms with van der Waals surface area (Å²) >= 11 is 0.